The van der Waals surface area contributed by atoms with Gasteiger partial charge >= 0.3 is 0 Å². The molecular weight excluding hydrogens is 258 g/mol. The molecule has 1 aliphatic heterocycles. The van der Waals surface area contributed by atoms with Crippen LogP contribution in [-0.4, -0.2) is 37.2 Å². The minimum Gasteiger partial charge on any atom is -0.353 e. The van der Waals surface area contributed by atoms with E-state index in [1.807, 2.05) is 30.3 Å². The SMILES string of the molecule is COC(C)(O[C@H]1C(=O)NC[C@@H]1c1ccccc1)C(C)=O. The third-order valence-corrected chi connectivity index (χ3v) is 3.73. The van der Waals surface area contributed by atoms with Crippen LogP contribution >= 0.6 is 0 Å². The second-order valence-electron chi connectivity index (χ2n) is 5.01. The van der Waals surface area contributed by atoms with Crippen molar-refractivity contribution in [2.75, 3.05) is 13.7 Å². The van der Waals surface area contributed by atoms with Crippen LogP contribution in [0.1, 0.15) is 25.3 Å². The molecule has 20 heavy (non-hydrogen) atoms. The van der Waals surface area contributed by atoms with Gasteiger partial charge in [0.15, 0.2) is 5.78 Å². The van der Waals surface area contributed by atoms with Crippen molar-refractivity contribution in [3.05, 3.63) is 35.9 Å². The van der Waals surface area contributed by atoms with Crippen LogP contribution in [0.5, 0.6) is 0 Å². The molecule has 1 amide bonds. The van der Waals surface area contributed by atoms with E-state index in [2.05, 4.69) is 5.32 Å². The monoisotopic (exact) mass is 277 g/mol. The topological polar surface area (TPSA) is 64.6 Å². The van der Waals surface area contributed by atoms with Gasteiger partial charge in [0.2, 0.25) is 11.7 Å². The van der Waals surface area contributed by atoms with Gasteiger partial charge in [-0.15, -0.1) is 0 Å². The van der Waals surface area contributed by atoms with E-state index in [0.717, 1.165) is 5.56 Å². The number of carbonyl (C=O) groups excluding carboxylic acids is 2. The van der Waals surface area contributed by atoms with Crippen LogP contribution in [-0.2, 0) is 19.1 Å². The number of ketones is 1. The summed E-state index contributed by atoms with van der Waals surface area (Å²) in [6, 6.07) is 9.63. The Morgan fingerprint density at radius 3 is 2.55 bits per heavy atom. The second kappa shape index (κ2) is 5.73. The van der Waals surface area contributed by atoms with Gasteiger partial charge in [0, 0.05) is 26.5 Å². The van der Waals surface area contributed by atoms with Gasteiger partial charge in [-0.1, -0.05) is 30.3 Å². The molecule has 0 spiro atoms. The van der Waals surface area contributed by atoms with E-state index in [0.29, 0.717) is 6.54 Å². The maximum absolute atomic E-state index is 12.0. The first kappa shape index (κ1) is 14.7. The van der Waals surface area contributed by atoms with E-state index in [-0.39, 0.29) is 17.6 Å². The average molecular weight is 277 g/mol. The van der Waals surface area contributed by atoms with Gasteiger partial charge in [-0.05, 0) is 12.5 Å². The van der Waals surface area contributed by atoms with Gasteiger partial charge in [0.25, 0.3) is 0 Å². The number of ether oxygens (including phenoxy) is 2. The molecule has 1 saturated heterocycles. The molecule has 0 aromatic heterocycles. The van der Waals surface area contributed by atoms with Gasteiger partial charge in [0.1, 0.15) is 6.10 Å². The maximum Gasteiger partial charge on any atom is 0.250 e. The highest BCUT2D eigenvalue weighted by atomic mass is 16.7. The Hall–Kier alpha value is -1.72. The molecule has 1 heterocycles. The first-order valence-electron chi connectivity index (χ1n) is 6.54. The molecular formula is C15H19NO4. The standard InChI is InChI=1S/C15H19NO4/c1-10(17)15(2,19-3)20-13-12(9-16-14(13)18)11-7-5-4-6-8-11/h4-8,12-13H,9H2,1-3H3,(H,16,18)/t12-,13-,15?/m1/s1. The van der Waals surface area contributed by atoms with Crippen molar-refractivity contribution < 1.29 is 19.1 Å². The van der Waals surface area contributed by atoms with Crippen LogP contribution in [0.3, 0.4) is 0 Å². The molecule has 1 N–H and O–H groups in total. The number of rotatable bonds is 5. The predicted molar refractivity (Wildman–Crippen MR) is 73.2 cm³/mol. The van der Waals surface area contributed by atoms with Gasteiger partial charge < -0.3 is 14.8 Å². The van der Waals surface area contributed by atoms with Crippen LogP contribution in [0.4, 0.5) is 0 Å². The van der Waals surface area contributed by atoms with Crippen molar-refractivity contribution in [3.8, 4) is 0 Å². The average Bonchev–Trinajstić information content (AvgIpc) is 2.81. The van der Waals surface area contributed by atoms with Gasteiger partial charge in [0.05, 0.1) is 0 Å². The van der Waals surface area contributed by atoms with Crippen molar-refractivity contribution in [3.63, 3.8) is 0 Å². The summed E-state index contributed by atoms with van der Waals surface area (Å²) in [5.74, 6) is -2.02. The molecule has 3 atom stereocenters. The van der Waals surface area contributed by atoms with E-state index in [4.69, 9.17) is 9.47 Å². The number of benzene rings is 1. The van der Waals surface area contributed by atoms with E-state index in [1.165, 1.54) is 21.0 Å². The predicted octanol–water partition coefficient (Wildman–Crippen LogP) is 1.24. The quantitative estimate of drug-likeness (QED) is 0.822. The Labute approximate surface area is 118 Å². The fourth-order valence-corrected chi connectivity index (χ4v) is 2.25. The summed E-state index contributed by atoms with van der Waals surface area (Å²) in [5.41, 5.74) is 0.998. The van der Waals surface area contributed by atoms with Crippen LogP contribution in [0, 0.1) is 0 Å². The summed E-state index contributed by atoms with van der Waals surface area (Å²) in [7, 11) is 1.39. The lowest BCUT2D eigenvalue weighted by atomic mass is 9.95. The Balaban J connectivity index is 2.24. The van der Waals surface area contributed by atoms with Crippen LogP contribution in [0.25, 0.3) is 0 Å². The maximum atomic E-state index is 12.0. The zero-order valence-corrected chi connectivity index (χ0v) is 11.9. The number of hydrogen-bond donors (Lipinski definition) is 1. The summed E-state index contributed by atoms with van der Waals surface area (Å²) in [6.07, 6.45) is -0.730. The number of nitrogens with one attached hydrogen (secondary N) is 1. The minimum absolute atomic E-state index is 0.127. The van der Waals surface area contributed by atoms with E-state index in [9.17, 15) is 9.59 Å². The summed E-state index contributed by atoms with van der Waals surface area (Å²) in [6.45, 7) is 3.40. The molecule has 1 fully saturated rings. The Kier molecular flexibility index (Phi) is 4.20. The highest BCUT2D eigenvalue weighted by molar-refractivity contribution is 5.87. The number of carbonyl (C=O) groups is 2. The fraction of sp³-hybridized carbons (Fsp3) is 0.467. The zero-order chi connectivity index (χ0) is 14.8. The van der Waals surface area contributed by atoms with Crippen molar-refractivity contribution >= 4 is 11.7 Å². The van der Waals surface area contributed by atoms with Crippen LogP contribution in [0.2, 0.25) is 0 Å². The highest BCUT2D eigenvalue weighted by Gasteiger charge is 2.43. The lowest BCUT2D eigenvalue weighted by molar-refractivity contribution is -0.224. The summed E-state index contributed by atoms with van der Waals surface area (Å²) in [4.78, 5) is 23.6. The minimum atomic E-state index is -1.40. The Bertz CT molecular complexity index is 502. The molecule has 0 aliphatic carbocycles. The van der Waals surface area contributed by atoms with Crippen molar-refractivity contribution in [2.24, 2.45) is 0 Å². The summed E-state index contributed by atoms with van der Waals surface area (Å²) >= 11 is 0. The van der Waals surface area contributed by atoms with Crippen molar-refractivity contribution in [2.45, 2.75) is 31.7 Å². The summed E-state index contributed by atoms with van der Waals surface area (Å²) < 4.78 is 10.8. The van der Waals surface area contributed by atoms with Gasteiger partial charge in [-0.25, -0.2) is 0 Å². The molecule has 2 rings (SSSR count). The zero-order valence-electron chi connectivity index (χ0n) is 11.9. The molecule has 1 aromatic rings. The molecule has 1 aliphatic rings. The Morgan fingerprint density at radius 1 is 1.35 bits per heavy atom. The highest BCUT2D eigenvalue weighted by Crippen LogP contribution is 2.29. The molecule has 0 bridgehead atoms. The Morgan fingerprint density at radius 2 is 2.00 bits per heavy atom. The normalized spacial score (nSPS) is 25.1. The smallest absolute Gasteiger partial charge is 0.250 e. The largest absolute Gasteiger partial charge is 0.353 e. The number of Topliss-reactive ketones (excluding diaryl/α,β-unsaturated/α-hetero) is 1. The first-order valence-corrected chi connectivity index (χ1v) is 6.54. The number of amides is 1. The van der Waals surface area contributed by atoms with Crippen LogP contribution < -0.4 is 5.32 Å². The lowest BCUT2D eigenvalue weighted by Crippen LogP contribution is -2.45. The molecule has 0 saturated carbocycles. The third-order valence-electron chi connectivity index (χ3n) is 3.73. The van der Waals surface area contributed by atoms with Crippen molar-refractivity contribution in [1.82, 2.24) is 5.32 Å². The molecule has 1 aromatic carbocycles. The molecule has 108 valence electrons. The van der Waals surface area contributed by atoms with E-state index < -0.39 is 11.9 Å². The lowest BCUT2D eigenvalue weighted by Gasteiger charge is -2.30. The van der Waals surface area contributed by atoms with Crippen molar-refractivity contribution in [1.29, 1.82) is 0 Å². The summed E-state index contributed by atoms with van der Waals surface area (Å²) in [5, 5.41) is 2.77. The molecule has 5 nitrogen and oxygen atoms in total. The van der Waals surface area contributed by atoms with Gasteiger partial charge in [-0.3, -0.25) is 9.59 Å². The van der Waals surface area contributed by atoms with Gasteiger partial charge in [-0.2, -0.15) is 0 Å². The third kappa shape index (κ3) is 2.73. The van der Waals surface area contributed by atoms with Crippen LogP contribution in [0.15, 0.2) is 30.3 Å². The molecule has 0 radical (unpaired) electrons. The second-order valence-corrected chi connectivity index (χ2v) is 5.01. The number of hydrogen-bond acceptors (Lipinski definition) is 4. The van der Waals surface area contributed by atoms with E-state index in [1.54, 1.807) is 0 Å². The molecule has 1 unspecified atom stereocenters. The fourth-order valence-electron chi connectivity index (χ4n) is 2.25. The number of methoxy groups -OCH3 is 1. The first-order chi connectivity index (χ1) is 9.48. The molecule has 5 heteroatoms. The van der Waals surface area contributed by atoms with E-state index >= 15 is 0 Å².